The molecule has 5 nitrogen and oxygen atoms in total. The second kappa shape index (κ2) is 7.21. The highest BCUT2D eigenvalue weighted by Gasteiger charge is 2.29. The topological polar surface area (TPSA) is 55.2 Å². The minimum atomic E-state index is -0.163. The predicted octanol–water partition coefficient (Wildman–Crippen LogP) is 4.51. The van der Waals surface area contributed by atoms with Crippen LogP contribution in [0.25, 0.3) is 28.2 Å². The number of hydrogen-bond donors (Lipinski definition) is 0. The molecule has 5 rings (SSSR count). The van der Waals surface area contributed by atoms with Crippen molar-refractivity contribution in [1.82, 2.24) is 9.55 Å². The van der Waals surface area contributed by atoms with Crippen molar-refractivity contribution in [3.8, 4) is 5.69 Å². The number of aromatic nitrogens is 2. The van der Waals surface area contributed by atoms with Crippen LogP contribution in [-0.4, -0.2) is 22.5 Å². The SMILES string of the molecule is CN1C(=O)/C(=C\c2nc3ccc(I)cc3c(=O)n2-c2ccccc2)c2ccccc21. The highest BCUT2D eigenvalue weighted by molar-refractivity contribution is 14.1. The highest BCUT2D eigenvalue weighted by atomic mass is 127. The average Bonchev–Trinajstić information content (AvgIpc) is 3.00. The fourth-order valence-corrected chi connectivity index (χ4v) is 4.26. The Morgan fingerprint density at radius 1 is 0.933 bits per heavy atom. The van der Waals surface area contributed by atoms with Crippen LogP contribution in [0.5, 0.6) is 0 Å². The Kier molecular flexibility index (Phi) is 4.51. The first-order valence-corrected chi connectivity index (χ1v) is 10.5. The Morgan fingerprint density at radius 2 is 1.67 bits per heavy atom. The largest absolute Gasteiger partial charge is 0.311 e. The second-order valence-corrected chi connectivity index (χ2v) is 8.29. The normalized spacial score (nSPS) is 14.5. The summed E-state index contributed by atoms with van der Waals surface area (Å²) in [6.07, 6.45) is 1.72. The van der Waals surface area contributed by atoms with Gasteiger partial charge in [0, 0.05) is 16.2 Å². The van der Waals surface area contributed by atoms with Crippen molar-refractivity contribution >= 4 is 56.7 Å². The van der Waals surface area contributed by atoms with E-state index >= 15 is 0 Å². The number of carbonyl (C=O) groups is 1. The Hall–Kier alpha value is -3.26. The van der Waals surface area contributed by atoms with Crippen molar-refractivity contribution in [2.24, 2.45) is 0 Å². The standard InChI is InChI=1S/C24H16IN3O2/c1-27-21-10-6-5-9-17(21)18(23(27)29)14-22-26-20-12-11-15(25)13-19(20)24(30)28(22)16-7-3-2-4-8-16/h2-14H,1H3/b18-14-. The molecule has 0 bridgehead atoms. The summed E-state index contributed by atoms with van der Waals surface area (Å²) < 4.78 is 2.53. The first-order valence-electron chi connectivity index (χ1n) is 9.41. The minimum absolute atomic E-state index is 0.118. The summed E-state index contributed by atoms with van der Waals surface area (Å²) in [5.74, 6) is 0.307. The monoisotopic (exact) mass is 505 g/mol. The fourth-order valence-electron chi connectivity index (χ4n) is 3.77. The maximum atomic E-state index is 13.5. The fraction of sp³-hybridized carbons (Fsp3) is 0.0417. The van der Waals surface area contributed by atoms with Gasteiger partial charge in [0.2, 0.25) is 0 Å². The molecule has 1 aromatic heterocycles. The summed E-state index contributed by atoms with van der Waals surface area (Å²) in [6, 6.07) is 22.6. The lowest BCUT2D eigenvalue weighted by Crippen LogP contribution is -2.23. The number of anilines is 1. The molecule has 0 saturated heterocycles. The molecule has 1 amide bonds. The van der Waals surface area contributed by atoms with E-state index in [0.717, 1.165) is 14.8 Å². The average molecular weight is 505 g/mol. The highest BCUT2D eigenvalue weighted by Crippen LogP contribution is 2.36. The van der Waals surface area contributed by atoms with Gasteiger partial charge in [-0.2, -0.15) is 0 Å². The van der Waals surface area contributed by atoms with Crippen LogP contribution >= 0.6 is 22.6 Å². The third-order valence-electron chi connectivity index (χ3n) is 5.23. The van der Waals surface area contributed by atoms with Crippen molar-refractivity contribution < 1.29 is 4.79 Å². The summed E-state index contributed by atoms with van der Waals surface area (Å²) in [5, 5.41) is 0.545. The second-order valence-electron chi connectivity index (χ2n) is 7.05. The van der Waals surface area contributed by atoms with Gasteiger partial charge in [-0.05, 0) is 65.1 Å². The third kappa shape index (κ3) is 2.95. The van der Waals surface area contributed by atoms with Crippen molar-refractivity contribution in [2.75, 3.05) is 11.9 Å². The van der Waals surface area contributed by atoms with Crippen LogP contribution in [0.1, 0.15) is 11.4 Å². The number of nitrogens with zero attached hydrogens (tertiary/aromatic N) is 3. The van der Waals surface area contributed by atoms with Gasteiger partial charge >= 0.3 is 0 Å². The summed E-state index contributed by atoms with van der Waals surface area (Å²) in [4.78, 5) is 32.8. The summed E-state index contributed by atoms with van der Waals surface area (Å²) >= 11 is 2.19. The molecule has 0 radical (unpaired) electrons. The van der Waals surface area contributed by atoms with Gasteiger partial charge in [0.1, 0.15) is 5.82 Å². The minimum Gasteiger partial charge on any atom is -0.311 e. The molecular weight excluding hydrogens is 489 g/mol. The lowest BCUT2D eigenvalue weighted by atomic mass is 10.1. The van der Waals surface area contributed by atoms with E-state index in [2.05, 4.69) is 22.6 Å². The zero-order valence-corrected chi connectivity index (χ0v) is 18.2. The number of rotatable bonds is 2. The molecule has 4 aromatic rings. The van der Waals surface area contributed by atoms with Crippen molar-refractivity contribution in [3.63, 3.8) is 0 Å². The van der Waals surface area contributed by atoms with E-state index in [9.17, 15) is 9.59 Å². The van der Waals surface area contributed by atoms with E-state index in [1.807, 2.05) is 72.8 Å². The number of hydrogen-bond acceptors (Lipinski definition) is 3. The van der Waals surface area contributed by atoms with Crippen LogP contribution in [0.2, 0.25) is 0 Å². The van der Waals surface area contributed by atoms with E-state index in [1.165, 1.54) is 0 Å². The van der Waals surface area contributed by atoms with Gasteiger partial charge in [0.25, 0.3) is 11.5 Å². The molecule has 0 atom stereocenters. The van der Waals surface area contributed by atoms with Gasteiger partial charge in [-0.25, -0.2) is 4.98 Å². The zero-order valence-electron chi connectivity index (χ0n) is 16.0. The van der Waals surface area contributed by atoms with Crippen LogP contribution < -0.4 is 10.5 Å². The Bertz CT molecular complexity index is 1410. The summed E-state index contributed by atoms with van der Waals surface area (Å²) in [6.45, 7) is 0. The molecule has 3 aromatic carbocycles. The van der Waals surface area contributed by atoms with Crippen LogP contribution in [0, 0.1) is 3.57 Å². The number of benzene rings is 3. The number of halogens is 1. The van der Waals surface area contributed by atoms with Gasteiger partial charge in [0.05, 0.1) is 27.9 Å². The first kappa shape index (κ1) is 18.7. The molecular formula is C24H16IN3O2. The molecule has 0 spiro atoms. The Morgan fingerprint density at radius 3 is 2.47 bits per heavy atom. The summed E-state index contributed by atoms with van der Waals surface area (Å²) in [5.41, 5.74) is 3.35. The number of carbonyl (C=O) groups excluding carboxylic acids is 1. The molecule has 30 heavy (non-hydrogen) atoms. The van der Waals surface area contributed by atoms with Gasteiger partial charge in [0.15, 0.2) is 0 Å². The van der Waals surface area contributed by atoms with Crippen LogP contribution in [0.4, 0.5) is 5.69 Å². The lowest BCUT2D eigenvalue weighted by Gasteiger charge is -2.12. The lowest BCUT2D eigenvalue weighted by molar-refractivity contribution is -0.112. The first-order chi connectivity index (χ1) is 14.5. The van der Waals surface area contributed by atoms with Crippen LogP contribution in [-0.2, 0) is 4.79 Å². The van der Waals surface area contributed by atoms with E-state index in [1.54, 1.807) is 22.6 Å². The molecule has 1 aliphatic heterocycles. The van der Waals surface area contributed by atoms with E-state index in [0.29, 0.717) is 28.0 Å². The number of fused-ring (bicyclic) bond motifs is 2. The molecule has 2 heterocycles. The van der Waals surface area contributed by atoms with E-state index < -0.39 is 0 Å². The van der Waals surface area contributed by atoms with E-state index in [-0.39, 0.29) is 11.5 Å². The van der Waals surface area contributed by atoms with Crippen molar-refractivity contribution in [2.45, 2.75) is 0 Å². The smallest absolute Gasteiger partial charge is 0.266 e. The predicted molar refractivity (Wildman–Crippen MR) is 128 cm³/mol. The van der Waals surface area contributed by atoms with Crippen molar-refractivity contribution in [1.29, 1.82) is 0 Å². The van der Waals surface area contributed by atoms with E-state index in [4.69, 9.17) is 4.98 Å². The molecule has 1 aliphatic rings. The van der Waals surface area contributed by atoms with Crippen LogP contribution in [0.3, 0.4) is 0 Å². The molecule has 146 valence electrons. The third-order valence-corrected chi connectivity index (χ3v) is 5.91. The Balaban J connectivity index is 1.84. The van der Waals surface area contributed by atoms with Gasteiger partial charge in [-0.3, -0.25) is 14.2 Å². The van der Waals surface area contributed by atoms with Gasteiger partial charge < -0.3 is 4.90 Å². The molecule has 0 aliphatic carbocycles. The molecule has 6 heteroatoms. The number of para-hydroxylation sites is 2. The molecule has 0 saturated carbocycles. The quantitative estimate of drug-likeness (QED) is 0.298. The number of likely N-dealkylation sites (N-methyl/N-ethyl adjacent to an activating group) is 1. The molecule has 0 fully saturated rings. The summed E-state index contributed by atoms with van der Waals surface area (Å²) in [7, 11) is 1.75. The van der Waals surface area contributed by atoms with Crippen molar-refractivity contribution in [3.05, 3.63) is 98.1 Å². The zero-order chi connectivity index (χ0) is 20.8. The van der Waals surface area contributed by atoms with Gasteiger partial charge in [-0.1, -0.05) is 36.4 Å². The maximum Gasteiger partial charge on any atom is 0.266 e. The van der Waals surface area contributed by atoms with Crippen LogP contribution in [0.15, 0.2) is 77.6 Å². The number of amides is 1. The molecule has 0 N–H and O–H groups in total. The maximum absolute atomic E-state index is 13.5. The van der Waals surface area contributed by atoms with Gasteiger partial charge in [-0.15, -0.1) is 0 Å². The Labute approximate surface area is 186 Å². The molecule has 0 unspecified atom stereocenters.